The highest BCUT2D eigenvalue weighted by molar-refractivity contribution is 7.30. The second-order valence-corrected chi connectivity index (χ2v) is 14.8. The number of carboxylic acid groups (broad SMARTS) is 1. The average Bonchev–Trinajstić information content (AvgIpc) is 3.83. The van der Waals surface area contributed by atoms with Gasteiger partial charge in [-0.25, -0.2) is 19.9 Å². The number of aryl methyl sites for hydroxylation is 1. The van der Waals surface area contributed by atoms with Crippen LogP contribution in [0.2, 0.25) is 0 Å². The van der Waals surface area contributed by atoms with Crippen LogP contribution in [0.5, 0.6) is 0 Å². The smallest absolute Gasteiger partial charge is 0.307 e. The molecule has 7 heterocycles. The van der Waals surface area contributed by atoms with Gasteiger partial charge in [-0.05, 0) is 66.6 Å². The van der Waals surface area contributed by atoms with E-state index >= 15 is 0 Å². The lowest BCUT2D eigenvalue weighted by Gasteiger charge is -1.98. The van der Waals surface area contributed by atoms with E-state index in [1.807, 2.05) is 18.5 Å². The summed E-state index contributed by atoms with van der Waals surface area (Å²) < 4.78 is 0. The normalized spacial score (nSPS) is 11.3. The molecule has 7 rings (SSSR count). The number of hydrogen-bond donors (Lipinski definition) is 1. The highest BCUT2D eigenvalue weighted by atomic mass is 32.1. The third-order valence-corrected chi connectivity index (χ3v) is 13.0. The highest BCUT2D eigenvalue weighted by Gasteiger charge is 2.20. The van der Waals surface area contributed by atoms with Crippen molar-refractivity contribution in [2.45, 2.75) is 13.3 Å². The van der Waals surface area contributed by atoms with Crippen molar-refractivity contribution in [2.24, 2.45) is 0 Å². The third-order valence-electron chi connectivity index (χ3n) is 6.51. The van der Waals surface area contributed by atoms with Crippen LogP contribution in [-0.4, -0.2) is 31.0 Å². The number of aliphatic carboxylic acids is 1. The lowest BCUT2D eigenvalue weighted by atomic mass is 10.1. The van der Waals surface area contributed by atoms with Crippen molar-refractivity contribution in [3.8, 4) is 59.9 Å². The molecule has 7 aromatic heterocycles. The van der Waals surface area contributed by atoms with Crippen LogP contribution >= 0.6 is 56.7 Å². The molecule has 0 unspecified atom stereocenters. The van der Waals surface area contributed by atoms with Crippen molar-refractivity contribution in [3.63, 3.8) is 0 Å². The van der Waals surface area contributed by atoms with Crippen LogP contribution in [-0.2, 0) is 11.2 Å². The molecule has 7 aromatic rings. The second kappa shape index (κ2) is 11.4. The second-order valence-electron chi connectivity index (χ2n) is 9.40. The van der Waals surface area contributed by atoms with Gasteiger partial charge in [-0.1, -0.05) is 0 Å². The fourth-order valence-corrected chi connectivity index (χ4v) is 10.4. The maximum Gasteiger partial charge on any atom is 0.307 e. The van der Waals surface area contributed by atoms with E-state index in [0.717, 1.165) is 46.0 Å². The zero-order valence-electron chi connectivity index (χ0n) is 22.0. The summed E-state index contributed by atoms with van der Waals surface area (Å²) in [7, 11) is 0. The first-order valence-corrected chi connectivity index (χ1v) is 16.9. The summed E-state index contributed by atoms with van der Waals surface area (Å²) in [5.41, 5.74) is 4.06. The Morgan fingerprint density at radius 2 is 1.05 bits per heavy atom. The van der Waals surface area contributed by atoms with Crippen molar-refractivity contribution in [3.05, 3.63) is 97.1 Å². The van der Waals surface area contributed by atoms with Crippen LogP contribution < -0.4 is 0 Å². The maximum atomic E-state index is 11.8. The van der Waals surface area contributed by atoms with E-state index in [4.69, 9.17) is 0 Å². The molecule has 0 spiro atoms. The maximum absolute atomic E-state index is 11.8. The first-order chi connectivity index (χ1) is 20.5. The predicted octanol–water partition coefficient (Wildman–Crippen LogP) is 9.51. The molecule has 0 radical (unpaired) electrons. The summed E-state index contributed by atoms with van der Waals surface area (Å²) in [5.74, 6) is -0.832. The van der Waals surface area contributed by atoms with Crippen LogP contribution in [0.15, 0.2) is 86.0 Å². The number of aromatic nitrogens is 4. The zero-order chi connectivity index (χ0) is 28.6. The number of hydrogen-bond acceptors (Lipinski definition) is 10. The van der Waals surface area contributed by atoms with Crippen molar-refractivity contribution < 1.29 is 9.90 Å². The first-order valence-electron chi connectivity index (χ1n) is 12.8. The predicted molar refractivity (Wildman–Crippen MR) is 176 cm³/mol. The summed E-state index contributed by atoms with van der Waals surface area (Å²) in [5, 5.41) is 9.67. The molecule has 1 N–H and O–H groups in total. The highest BCUT2D eigenvalue weighted by Crippen LogP contribution is 2.48. The standard InChI is InChI=1S/C31H20N4O2S5/c1-17-8-27(23-4-2-21(38-23)19-11-32-15-33-12-19)41-30(17)25-6-7-26(40-25)31-18(10-29(36)37)9-28(42-31)24-5-3-22(39-24)20-13-34-16-35-14-20/h2-9,11-16H,10H2,1H3,(H,36,37). The monoisotopic (exact) mass is 640 g/mol. The lowest BCUT2D eigenvalue weighted by molar-refractivity contribution is -0.136. The molecule has 0 saturated heterocycles. The van der Waals surface area contributed by atoms with Gasteiger partial charge in [0.05, 0.1) is 6.42 Å². The summed E-state index contributed by atoms with van der Waals surface area (Å²) in [4.78, 5) is 39.7. The van der Waals surface area contributed by atoms with Gasteiger partial charge in [0.15, 0.2) is 0 Å². The summed E-state index contributed by atoms with van der Waals surface area (Å²) in [6.07, 6.45) is 10.3. The Morgan fingerprint density at radius 3 is 1.62 bits per heavy atom. The number of carboxylic acids is 1. The van der Waals surface area contributed by atoms with Gasteiger partial charge in [0, 0.05) is 84.7 Å². The molecule has 0 aliphatic heterocycles. The third kappa shape index (κ3) is 5.37. The van der Waals surface area contributed by atoms with Crippen molar-refractivity contribution in [1.82, 2.24) is 19.9 Å². The number of rotatable bonds is 8. The van der Waals surface area contributed by atoms with Gasteiger partial charge in [0.1, 0.15) is 12.7 Å². The Hall–Kier alpha value is -3.87. The molecule has 0 aromatic carbocycles. The van der Waals surface area contributed by atoms with E-state index in [2.05, 4.69) is 69.3 Å². The molecule has 6 nitrogen and oxygen atoms in total. The van der Waals surface area contributed by atoms with Crippen LogP contribution in [0.3, 0.4) is 0 Å². The topological polar surface area (TPSA) is 88.9 Å². The first kappa shape index (κ1) is 27.0. The van der Waals surface area contributed by atoms with Gasteiger partial charge in [-0.3, -0.25) is 4.79 Å². The van der Waals surface area contributed by atoms with Gasteiger partial charge in [-0.15, -0.1) is 56.7 Å². The molecule has 206 valence electrons. The van der Waals surface area contributed by atoms with Crippen LogP contribution in [0.1, 0.15) is 11.1 Å². The van der Waals surface area contributed by atoms with E-state index in [1.165, 1.54) is 31.4 Å². The minimum absolute atomic E-state index is 0.0147. The van der Waals surface area contributed by atoms with Crippen molar-refractivity contribution in [2.75, 3.05) is 0 Å². The van der Waals surface area contributed by atoms with E-state index in [0.29, 0.717) is 0 Å². The van der Waals surface area contributed by atoms with E-state index in [1.54, 1.807) is 75.4 Å². The SMILES string of the molecule is Cc1cc(-c2ccc(-c3cncnc3)s2)sc1-c1ccc(-c2sc(-c3ccc(-c4cncnc4)s3)cc2CC(=O)O)s1. The largest absolute Gasteiger partial charge is 0.481 e. The summed E-state index contributed by atoms with van der Waals surface area (Å²) >= 11 is 8.56. The van der Waals surface area contributed by atoms with Gasteiger partial charge in [0.25, 0.3) is 0 Å². The van der Waals surface area contributed by atoms with Crippen molar-refractivity contribution >= 4 is 62.7 Å². The Balaban J connectivity index is 1.19. The summed E-state index contributed by atoms with van der Waals surface area (Å²) in [6.45, 7) is 2.15. The fraction of sp³-hybridized carbons (Fsp3) is 0.0645. The molecule has 0 atom stereocenters. The van der Waals surface area contributed by atoms with Gasteiger partial charge in [-0.2, -0.15) is 0 Å². The molecule has 0 bridgehead atoms. The van der Waals surface area contributed by atoms with Crippen LogP contribution in [0.4, 0.5) is 0 Å². The van der Waals surface area contributed by atoms with Gasteiger partial charge >= 0.3 is 5.97 Å². The fourth-order valence-electron chi connectivity index (χ4n) is 4.59. The van der Waals surface area contributed by atoms with Crippen molar-refractivity contribution in [1.29, 1.82) is 0 Å². The van der Waals surface area contributed by atoms with Crippen LogP contribution in [0, 0.1) is 6.92 Å². The molecule has 0 saturated carbocycles. The quantitative estimate of drug-likeness (QED) is 0.178. The summed E-state index contributed by atoms with van der Waals surface area (Å²) in [6, 6.07) is 17.0. The average molecular weight is 641 g/mol. The van der Waals surface area contributed by atoms with Gasteiger partial charge < -0.3 is 5.11 Å². The Kier molecular flexibility index (Phi) is 7.34. The van der Waals surface area contributed by atoms with E-state index < -0.39 is 5.97 Å². The molecule has 0 fully saturated rings. The molecular formula is C31H20N4O2S5. The van der Waals surface area contributed by atoms with Gasteiger partial charge in [0.2, 0.25) is 0 Å². The minimum atomic E-state index is -0.832. The molecular weight excluding hydrogens is 621 g/mol. The zero-order valence-corrected chi connectivity index (χ0v) is 26.1. The lowest BCUT2D eigenvalue weighted by Crippen LogP contribution is -1.99. The molecule has 0 aliphatic carbocycles. The molecule has 0 amide bonds. The van der Waals surface area contributed by atoms with E-state index in [-0.39, 0.29) is 6.42 Å². The van der Waals surface area contributed by atoms with E-state index in [9.17, 15) is 9.90 Å². The molecule has 42 heavy (non-hydrogen) atoms. The number of thiophene rings is 5. The number of carbonyl (C=O) groups is 1. The molecule has 0 aliphatic rings. The Labute approximate surface area is 261 Å². The van der Waals surface area contributed by atoms with Crippen LogP contribution in [0.25, 0.3) is 59.9 Å². The molecule has 11 heteroatoms. The Morgan fingerprint density at radius 1 is 0.595 bits per heavy atom. The minimum Gasteiger partial charge on any atom is -0.481 e. The Bertz CT molecular complexity index is 2020. The number of nitrogens with zero attached hydrogens (tertiary/aromatic N) is 4.